The number of hydrazine groups is 1. The number of hydrogen-bond acceptors (Lipinski definition) is 5. The highest BCUT2D eigenvalue weighted by Gasteiger charge is 2.16. The van der Waals surface area contributed by atoms with Crippen molar-refractivity contribution in [3.05, 3.63) is 41.5 Å². The molecule has 0 amide bonds. The second-order valence-electron chi connectivity index (χ2n) is 4.40. The van der Waals surface area contributed by atoms with Crippen LogP contribution >= 0.6 is 11.8 Å². The van der Waals surface area contributed by atoms with Gasteiger partial charge >= 0.3 is 0 Å². The number of nitrogens with one attached hydrogen (secondary N) is 2. The van der Waals surface area contributed by atoms with Gasteiger partial charge in [-0.15, -0.1) is 9.74 Å². The van der Waals surface area contributed by atoms with E-state index >= 15 is 0 Å². The van der Waals surface area contributed by atoms with Crippen LogP contribution in [0.4, 0.5) is 0 Å². The zero-order valence-corrected chi connectivity index (χ0v) is 11.1. The fourth-order valence-corrected chi connectivity index (χ4v) is 2.29. The molecule has 0 bridgehead atoms. The topological polar surface area (TPSA) is 48.9 Å². The van der Waals surface area contributed by atoms with E-state index in [1.54, 1.807) is 6.21 Å². The molecule has 0 aromatic heterocycles. The third-order valence-corrected chi connectivity index (χ3v) is 3.31. The molecule has 1 aromatic rings. The van der Waals surface area contributed by atoms with Crippen LogP contribution < -0.4 is 10.7 Å². The van der Waals surface area contributed by atoms with Crippen LogP contribution in [0.3, 0.4) is 0 Å². The van der Waals surface area contributed by atoms with E-state index in [4.69, 9.17) is 16.5 Å². The monoisotopic (exact) mass is 278 g/mol. The van der Waals surface area contributed by atoms with E-state index in [1.807, 2.05) is 6.08 Å². The first-order valence-electron chi connectivity index (χ1n) is 6.22. The predicted octanol–water partition coefficient (Wildman–Crippen LogP) is 1.65. The summed E-state index contributed by atoms with van der Waals surface area (Å²) in [5.41, 5.74) is 6.11. The number of hydrazone groups is 1. The molecule has 2 N–H and O–H groups in total. The summed E-state index contributed by atoms with van der Waals surface area (Å²) in [6.45, 7) is 2.55. The Balaban J connectivity index is 1.75. The summed E-state index contributed by atoms with van der Waals surface area (Å²) in [7, 11) is 0. The van der Waals surface area contributed by atoms with Gasteiger partial charge in [0.05, 0.1) is 36.4 Å². The Kier molecular flexibility index (Phi) is 3.68. The zero-order chi connectivity index (χ0) is 13.1. The lowest BCUT2D eigenvalue weighted by Gasteiger charge is -2.24. The summed E-state index contributed by atoms with van der Waals surface area (Å²) < 4.78 is 6.89. The van der Waals surface area contributed by atoms with Crippen LogP contribution in [0.25, 0.3) is 5.70 Å². The second-order valence-corrected chi connectivity index (χ2v) is 4.72. The van der Waals surface area contributed by atoms with Crippen LogP contribution in [-0.4, -0.2) is 30.5 Å². The SMILES string of the molecule is ClN1N=CC=C(c2ccc(C3CNCCO3)cc2)N1. The molecular formula is C13H15ClN4O. The Morgan fingerprint density at radius 1 is 1.32 bits per heavy atom. The maximum atomic E-state index is 5.77. The van der Waals surface area contributed by atoms with Gasteiger partial charge in [0, 0.05) is 13.1 Å². The molecule has 5 nitrogen and oxygen atoms in total. The highest BCUT2D eigenvalue weighted by molar-refractivity contribution is 6.13. The normalized spacial score (nSPS) is 22.9. The molecule has 3 rings (SSSR count). The van der Waals surface area contributed by atoms with E-state index in [-0.39, 0.29) is 6.10 Å². The molecule has 6 heteroatoms. The third kappa shape index (κ3) is 2.89. The van der Waals surface area contributed by atoms with E-state index in [9.17, 15) is 0 Å². The predicted molar refractivity (Wildman–Crippen MR) is 75.3 cm³/mol. The van der Waals surface area contributed by atoms with Crippen molar-refractivity contribution in [3.8, 4) is 0 Å². The summed E-state index contributed by atoms with van der Waals surface area (Å²) in [4.78, 5) is 0. The average Bonchev–Trinajstić information content (AvgIpc) is 2.48. The van der Waals surface area contributed by atoms with Gasteiger partial charge in [0.1, 0.15) is 0 Å². The Morgan fingerprint density at radius 2 is 2.16 bits per heavy atom. The van der Waals surface area contributed by atoms with Gasteiger partial charge in [-0.25, -0.2) is 0 Å². The average molecular weight is 279 g/mol. The van der Waals surface area contributed by atoms with Gasteiger partial charge in [0.15, 0.2) is 0 Å². The Labute approximate surface area is 117 Å². The van der Waals surface area contributed by atoms with Crippen molar-refractivity contribution in [1.82, 2.24) is 15.4 Å². The minimum atomic E-state index is 0.141. The molecule has 2 heterocycles. The van der Waals surface area contributed by atoms with Crippen molar-refractivity contribution in [3.63, 3.8) is 0 Å². The van der Waals surface area contributed by atoms with Crippen LogP contribution in [0.5, 0.6) is 0 Å². The number of halogens is 1. The molecule has 1 saturated heterocycles. The van der Waals surface area contributed by atoms with Crippen LogP contribution in [0.1, 0.15) is 17.2 Å². The van der Waals surface area contributed by atoms with Gasteiger partial charge in [-0.2, -0.15) is 0 Å². The van der Waals surface area contributed by atoms with E-state index in [0.29, 0.717) is 0 Å². The molecule has 0 saturated carbocycles. The van der Waals surface area contributed by atoms with Crippen molar-refractivity contribution in [2.24, 2.45) is 5.10 Å². The first kappa shape index (κ1) is 12.5. The molecule has 0 radical (unpaired) electrons. The lowest BCUT2D eigenvalue weighted by molar-refractivity contribution is 0.0277. The minimum absolute atomic E-state index is 0.141. The number of ether oxygens (including phenoxy) is 1. The van der Waals surface area contributed by atoms with E-state index < -0.39 is 0 Å². The number of nitrogens with zero attached hydrogens (tertiary/aromatic N) is 2. The molecule has 19 heavy (non-hydrogen) atoms. The number of rotatable bonds is 2. The summed E-state index contributed by atoms with van der Waals surface area (Å²) in [6, 6.07) is 8.27. The lowest BCUT2D eigenvalue weighted by Crippen LogP contribution is -2.33. The molecule has 1 atom stereocenters. The molecule has 1 fully saturated rings. The minimum Gasteiger partial charge on any atom is -0.371 e. The van der Waals surface area contributed by atoms with Crippen molar-refractivity contribution in [1.29, 1.82) is 0 Å². The first-order chi connectivity index (χ1) is 9.33. The van der Waals surface area contributed by atoms with Crippen molar-refractivity contribution in [2.75, 3.05) is 19.7 Å². The largest absolute Gasteiger partial charge is 0.371 e. The molecule has 100 valence electrons. The number of benzene rings is 1. The van der Waals surface area contributed by atoms with E-state index in [1.165, 1.54) is 5.56 Å². The summed E-state index contributed by atoms with van der Waals surface area (Å²) >= 11 is 5.77. The summed E-state index contributed by atoms with van der Waals surface area (Å²) in [5, 5.41) is 7.18. The van der Waals surface area contributed by atoms with Crippen LogP contribution in [0, 0.1) is 0 Å². The Bertz CT molecular complexity index is 494. The molecule has 2 aliphatic heterocycles. The van der Waals surface area contributed by atoms with Crippen molar-refractivity contribution >= 4 is 23.7 Å². The molecule has 1 unspecified atom stereocenters. The molecule has 0 spiro atoms. The highest BCUT2D eigenvalue weighted by atomic mass is 35.5. The van der Waals surface area contributed by atoms with Gasteiger partial charge in [-0.3, -0.25) is 5.43 Å². The van der Waals surface area contributed by atoms with Gasteiger partial charge in [0.25, 0.3) is 0 Å². The smallest absolute Gasteiger partial charge is 0.0949 e. The fraction of sp³-hybridized carbons (Fsp3) is 0.308. The fourth-order valence-electron chi connectivity index (χ4n) is 2.15. The van der Waals surface area contributed by atoms with Gasteiger partial charge < -0.3 is 10.1 Å². The number of hydrogen-bond donors (Lipinski definition) is 2. The maximum absolute atomic E-state index is 5.77. The first-order valence-corrected chi connectivity index (χ1v) is 6.56. The second kappa shape index (κ2) is 5.61. The maximum Gasteiger partial charge on any atom is 0.0949 e. The van der Waals surface area contributed by atoms with Crippen molar-refractivity contribution in [2.45, 2.75) is 6.10 Å². The van der Waals surface area contributed by atoms with E-state index in [0.717, 1.165) is 35.6 Å². The lowest BCUT2D eigenvalue weighted by atomic mass is 10.0. The zero-order valence-electron chi connectivity index (χ0n) is 10.3. The summed E-state index contributed by atoms with van der Waals surface area (Å²) in [5.74, 6) is 0. The highest BCUT2D eigenvalue weighted by Crippen LogP contribution is 2.22. The van der Waals surface area contributed by atoms with E-state index in [2.05, 4.69) is 40.1 Å². The van der Waals surface area contributed by atoms with Gasteiger partial charge in [-0.1, -0.05) is 24.3 Å². The van der Waals surface area contributed by atoms with Crippen molar-refractivity contribution < 1.29 is 4.74 Å². The third-order valence-electron chi connectivity index (χ3n) is 3.14. The van der Waals surface area contributed by atoms with Crippen LogP contribution in [-0.2, 0) is 4.74 Å². The quantitative estimate of drug-likeness (QED) is 0.808. The Hall–Kier alpha value is -1.56. The standard InChI is InChI=1S/C13H15ClN4O/c14-18-16-6-5-12(17-18)10-1-3-11(4-2-10)13-9-15-7-8-19-13/h1-6,13,15,17H,7-9H2. The Morgan fingerprint density at radius 3 is 2.84 bits per heavy atom. The number of allylic oxidation sites excluding steroid dienone is 1. The summed E-state index contributed by atoms with van der Waals surface area (Å²) in [6.07, 6.45) is 3.68. The molecule has 2 aliphatic rings. The molecule has 0 aliphatic carbocycles. The van der Waals surface area contributed by atoms with Crippen LogP contribution in [0.2, 0.25) is 0 Å². The molecule has 1 aromatic carbocycles. The number of morpholine rings is 1. The van der Waals surface area contributed by atoms with Crippen LogP contribution in [0.15, 0.2) is 35.4 Å². The van der Waals surface area contributed by atoms with Gasteiger partial charge in [-0.05, 0) is 17.2 Å². The van der Waals surface area contributed by atoms with Gasteiger partial charge in [0.2, 0.25) is 0 Å². The molecular weight excluding hydrogens is 264 g/mol.